The predicted molar refractivity (Wildman–Crippen MR) is 116 cm³/mol. The van der Waals surface area contributed by atoms with Crippen LogP contribution >= 0.6 is 11.3 Å². The Bertz CT molecular complexity index is 1000. The van der Waals surface area contributed by atoms with Gasteiger partial charge in [-0.05, 0) is 43.3 Å². The van der Waals surface area contributed by atoms with E-state index in [9.17, 15) is 9.59 Å². The number of methoxy groups -OCH3 is 1. The molecule has 0 saturated carbocycles. The number of thiazole rings is 1. The van der Waals surface area contributed by atoms with Crippen molar-refractivity contribution in [1.29, 1.82) is 0 Å². The zero-order valence-corrected chi connectivity index (χ0v) is 17.9. The predicted octanol–water partition coefficient (Wildman–Crippen LogP) is 3.75. The van der Waals surface area contributed by atoms with E-state index in [0.717, 1.165) is 11.3 Å². The molecule has 0 bridgehead atoms. The summed E-state index contributed by atoms with van der Waals surface area (Å²) >= 11 is 1.35. The van der Waals surface area contributed by atoms with Crippen LogP contribution in [0.2, 0.25) is 0 Å². The number of hydrogen-bond donors (Lipinski definition) is 1. The molecule has 0 aliphatic heterocycles. The first-order valence-corrected chi connectivity index (χ1v) is 10.2. The first kappa shape index (κ1) is 21.3. The van der Waals surface area contributed by atoms with Gasteiger partial charge in [-0.3, -0.25) is 9.59 Å². The van der Waals surface area contributed by atoms with E-state index < -0.39 is 0 Å². The van der Waals surface area contributed by atoms with Crippen molar-refractivity contribution in [2.45, 2.75) is 13.5 Å². The number of aryl methyl sites for hydroxylation is 1. The number of likely N-dealkylation sites (N-methyl/N-ethyl adjacent to an activating group) is 1. The summed E-state index contributed by atoms with van der Waals surface area (Å²) in [7, 11) is 3.14. The molecule has 2 aromatic carbocycles. The third-order valence-corrected chi connectivity index (χ3v) is 5.08. The summed E-state index contributed by atoms with van der Waals surface area (Å²) in [6.45, 7) is 2.20. The number of carbonyl (C=O) groups is 2. The standard InChI is InChI=1S/C22H23N3O4S/c1-15-4-8-18(9-5-15)29-13-21-24-19(14-30-21)22(27)25(2)12-20(26)23-16-6-10-17(28-3)11-7-16/h4-11,14H,12-13H2,1-3H3,(H,23,26). The number of hydrogen-bond acceptors (Lipinski definition) is 6. The van der Waals surface area contributed by atoms with Crippen LogP contribution in [0.15, 0.2) is 53.9 Å². The van der Waals surface area contributed by atoms with Gasteiger partial charge in [-0.1, -0.05) is 17.7 Å². The molecule has 2 amide bonds. The Balaban J connectivity index is 1.51. The van der Waals surface area contributed by atoms with Gasteiger partial charge in [-0.25, -0.2) is 4.98 Å². The van der Waals surface area contributed by atoms with E-state index in [1.54, 1.807) is 43.8 Å². The van der Waals surface area contributed by atoms with Crippen LogP contribution < -0.4 is 14.8 Å². The van der Waals surface area contributed by atoms with Gasteiger partial charge in [0.2, 0.25) is 5.91 Å². The number of amides is 2. The molecule has 0 aliphatic rings. The van der Waals surface area contributed by atoms with Gasteiger partial charge in [0, 0.05) is 18.1 Å². The Labute approximate surface area is 179 Å². The van der Waals surface area contributed by atoms with Gasteiger partial charge in [-0.2, -0.15) is 0 Å². The lowest BCUT2D eigenvalue weighted by Gasteiger charge is -2.15. The summed E-state index contributed by atoms with van der Waals surface area (Å²) in [5, 5.41) is 5.12. The maximum atomic E-state index is 12.6. The van der Waals surface area contributed by atoms with Crippen molar-refractivity contribution in [2.75, 3.05) is 26.0 Å². The molecule has 156 valence electrons. The quantitative estimate of drug-likeness (QED) is 0.595. The number of ether oxygens (including phenoxy) is 2. The summed E-state index contributed by atoms with van der Waals surface area (Å²) < 4.78 is 10.8. The molecule has 8 heteroatoms. The second kappa shape index (κ2) is 9.89. The minimum atomic E-state index is -0.322. The summed E-state index contributed by atoms with van der Waals surface area (Å²) in [6.07, 6.45) is 0. The van der Waals surface area contributed by atoms with Crippen molar-refractivity contribution in [3.8, 4) is 11.5 Å². The highest BCUT2D eigenvalue weighted by molar-refractivity contribution is 7.09. The Hall–Kier alpha value is -3.39. The van der Waals surface area contributed by atoms with Gasteiger partial charge in [0.25, 0.3) is 5.91 Å². The third-order valence-electron chi connectivity index (χ3n) is 4.26. The van der Waals surface area contributed by atoms with Gasteiger partial charge in [0.1, 0.15) is 28.8 Å². The van der Waals surface area contributed by atoms with E-state index in [4.69, 9.17) is 9.47 Å². The van der Waals surface area contributed by atoms with E-state index in [1.165, 1.54) is 16.2 Å². The molecule has 1 aromatic heterocycles. The monoisotopic (exact) mass is 425 g/mol. The van der Waals surface area contributed by atoms with E-state index in [0.29, 0.717) is 22.1 Å². The average molecular weight is 426 g/mol. The third kappa shape index (κ3) is 5.81. The molecule has 30 heavy (non-hydrogen) atoms. The first-order valence-electron chi connectivity index (χ1n) is 9.28. The Morgan fingerprint density at radius 3 is 2.40 bits per heavy atom. The molecular formula is C22H23N3O4S. The topological polar surface area (TPSA) is 80.8 Å². The molecule has 0 saturated heterocycles. The smallest absolute Gasteiger partial charge is 0.273 e. The van der Waals surface area contributed by atoms with Gasteiger partial charge in [-0.15, -0.1) is 11.3 Å². The number of nitrogens with zero attached hydrogens (tertiary/aromatic N) is 2. The van der Waals surface area contributed by atoms with Crippen LogP contribution in [0.3, 0.4) is 0 Å². The van der Waals surface area contributed by atoms with Crippen molar-refractivity contribution in [3.05, 3.63) is 70.2 Å². The van der Waals surface area contributed by atoms with Crippen LogP contribution in [0.25, 0.3) is 0 Å². The number of aromatic nitrogens is 1. The number of rotatable bonds is 8. The second-order valence-electron chi connectivity index (χ2n) is 6.67. The molecular weight excluding hydrogens is 402 g/mol. The van der Waals surface area contributed by atoms with Gasteiger partial charge in [0.15, 0.2) is 0 Å². The van der Waals surface area contributed by atoms with Crippen LogP contribution in [0.1, 0.15) is 21.1 Å². The van der Waals surface area contributed by atoms with Crippen molar-refractivity contribution < 1.29 is 19.1 Å². The molecule has 0 atom stereocenters. The van der Waals surface area contributed by atoms with Crippen molar-refractivity contribution in [3.63, 3.8) is 0 Å². The zero-order valence-electron chi connectivity index (χ0n) is 17.0. The Morgan fingerprint density at radius 2 is 1.73 bits per heavy atom. The van der Waals surface area contributed by atoms with Crippen LogP contribution in [0.5, 0.6) is 11.5 Å². The average Bonchev–Trinajstić information content (AvgIpc) is 3.22. The molecule has 0 unspecified atom stereocenters. The summed E-state index contributed by atoms with van der Waals surface area (Å²) in [5.41, 5.74) is 2.08. The van der Waals surface area contributed by atoms with Gasteiger partial charge >= 0.3 is 0 Å². The Kier molecular flexibility index (Phi) is 7.03. The fraction of sp³-hybridized carbons (Fsp3) is 0.227. The summed E-state index contributed by atoms with van der Waals surface area (Å²) in [4.78, 5) is 30.5. The fourth-order valence-corrected chi connectivity index (χ4v) is 3.29. The SMILES string of the molecule is COc1ccc(NC(=O)CN(C)C(=O)c2csc(COc3ccc(C)cc3)n2)cc1. The Morgan fingerprint density at radius 1 is 1.07 bits per heavy atom. The summed E-state index contributed by atoms with van der Waals surface area (Å²) in [6, 6.07) is 14.7. The molecule has 1 heterocycles. The number of carbonyl (C=O) groups excluding carboxylic acids is 2. The molecule has 0 aliphatic carbocycles. The molecule has 0 spiro atoms. The van der Waals surface area contributed by atoms with Crippen LogP contribution in [-0.4, -0.2) is 42.4 Å². The van der Waals surface area contributed by atoms with Crippen LogP contribution in [0.4, 0.5) is 5.69 Å². The highest BCUT2D eigenvalue weighted by Gasteiger charge is 2.18. The largest absolute Gasteiger partial charge is 0.497 e. The van der Waals surface area contributed by atoms with Crippen molar-refractivity contribution >= 4 is 28.8 Å². The van der Waals surface area contributed by atoms with E-state index >= 15 is 0 Å². The van der Waals surface area contributed by atoms with Crippen LogP contribution in [-0.2, 0) is 11.4 Å². The van der Waals surface area contributed by atoms with Crippen molar-refractivity contribution in [1.82, 2.24) is 9.88 Å². The highest BCUT2D eigenvalue weighted by atomic mass is 32.1. The number of anilines is 1. The lowest BCUT2D eigenvalue weighted by atomic mass is 10.2. The lowest BCUT2D eigenvalue weighted by Crippen LogP contribution is -2.35. The highest BCUT2D eigenvalue weighted by Crippen LogP contribution is 2.17. The minimum Gasteiger partial charge on any atom is -0.497 e. The van der Waals surface area contributed by atoms with Crippen molar-refractivity contribution in [2.24, 2.45) is 0 Å². The zero-order chi connectivity index (χ0) is 21.5. The van der Waals surface area contributed by atoms with E-state index in [2.05, 4.69) is 10.3 Å². The normalized spacial score (nSPS) is 10.4. The van der Waals surface area contributed by atoms with Gasteiger partial charge in [0.05, 0.1) is 13.7 Å². The first-order chi connectivity index (χ1) is 14.4. The molecule has 7 nitrogen and oxygen atoms in total. The second-order valence-corrected chi connectivity index (χ2v) is 7.61. The lowest BCUT2D eigenvalue weighted by molar-refractivity contribution is -0.116. The minimum absolute atomic E-state index is 0.0857. The molecule has 0 radical (unpaired) electrons. The van der Waals surface area contributed by atoms with E-state index in [-0.39, 0.29) is 25.0 Å². The number of nitrogens with one attached hydrogen (secondary N) is 1. The number of benzene rings is 2. The van der Waals surface area contributed by atoms with Gasteiger partial charge < -0.3 is 19.7 Å². The van der Waals surface area contributed by atoms with E-state index in [1.807, 2.05) is 31.2 Å². The maximum Gasteiger partial charge on any atom is 0.273 e. The maximum absolute atomic E-state index is 12.6. The molecule has 0 fully saturated rings. The van der Waals surface area contributed by atoms with Crippen LogP contribution in [0, 0.1) is 6.92 Å². The summed E-state index contributed by atoms with van der Waals surface area (Å²) in [5.74, 6) is 0.828. The fourth-order valence-electron chi connectivity index (χ4n) is 2.61. The molecule has 3 aromatic rings. The molecule has 3 rings (SSSR count). The molecule has 1 N–H and O–H groups in total.